The highest BCUT2D eigenvalue weighted by Crippen LogP contribution is 2.18. The molecule has 2 aromatic rings. The van der Waals surface area contributed by atoms with Crippen molar-refractivity contribution in [3.8, 4) is 0 Å². The number of aryl methyl sites for hydroxylation is 1. The number of amides is 1. The number of nitrogens with zero attached hydrogens (tertiary/aromatic N) is 1. The highest BCUT2D eigenvalue weighted by atomic mass is 79.9. The van der Waals surface area contributed by atoms with E-state index >= 15 is 0 Å². The molecule has 0 aliphatic rings. The van der Waals surface area contributed by atoms with E-state index < -0.39 is 5.97 Å². The lowest BCUT2D eigenvalue weighted by Gasteiger charge is -2.10. The normalized spacial score (nSPS) is 10.3. The number of anilines is 1. The van der Waals surface area contributed by atoms with Crippen molar-refractivity contribution in [2.75, 3.05) is 11.9 Å². The Bertz CT molecular complexity index is 830. The number of rotatable bonds is 5. The molecule has 1 heterocycles. The number of carbonyl (C=O) groups excluding carboxylic acids is 2. The third kappa shape index (κ3) is 4.55. The van der Waals surface area contributed by atoms with Crippen LogP contribution >= 0.6 is 15.9 Å². The van der Waals surface area contributed by atoms with Crippen molar-refractivity contribution in [1.29, 1.82) is 0 Å². The molecule has 0 fully saturated rings. The standard InChI is InChI=1S/C17H17BrN2O4/c1-3-24-16(22)10-20-9-13(6-7-15(20)21)19-17(23)12-5-4-11(2)14(18)8-12/h4-9H,3,10H2,1-2H3,(H,19,23). The van der Waals surface area contributed by atoms with Gasteiger partial charge in [-0.15, -0.1) is 0 Å². The first-order valence-corrected chi connectivity index (χ1v) is 8.13. The summed E-state index contributed by atoms with van der Waals surface area (Å²) < 4.78 is 6.85. The van der Waals surface area contributed by atoms with E-state index in [2.05, 4.69) is 21.2 Å². The average Bonchev–Trinajstić information content (AvgIpc) is 2.53. The number of esters is 1. The van der Waals surface area contributed by atoms with Gasteiger partial charge in [0.15, 0.2) is 0 Å². The molecule has 0 spiro atoms. The Balaban J connectivity index is 2.17. The molecule has 0 unspecified atom stereocenters. The number of carbonyl (C=O) groups is 2. The predicted molar refractivity (Wildman–Crippen MR) is 94.2 cm³/mol. The van der Waals surface area contributed by atoms with Crippen LogP contribution in [0.4, 0.5) is 5.69 Å². The zero-order chi connectivity index (χ0) is 17.7. The van der Waals surface area contributed by atoms with Gasteiger partial charge in [0, 0.05) is 22.3 Å². The minimum atomic E-state index is -0.509. The van der Waals surface area contributed by atoms with E-state index in [0.717, 1.165) is 10.0 Å². The Hall–Kier alpha value is -2.41. The van der Waals surface area contributed by atoms with Crippen LogP contribution < -0.4 is 10.9 Å². The Labute approximate surface area is 147 Å². The first-order chi connectivity index (χ1) is 11.4. The van der Waals surface area contributed by atoms with E-state index in [1.165, 1.54) is 22.9 Å². The van der Waals surface area contributed by atoms with Crippen LogP contribution in [0.25, 0.3) is 0 Å². The molecule has 0 bridgehead atoms. The molecule has 0 aliphatic heterocycles. The van der Waals surface area contributed by atoms with Crippen molar-refractivity contribution in [3.63, 3.8) is 0 Å². The molecule has 1 aromatic carbocycles. The first-order valence-electron chi connectivity index (χ1n) is 7.34. The third-order valence-electron chi connectivity index (χ3n) is 3.28. The largest absolute Gasteiger partial charge is 0.465 e. The van der Waals surface area contributed by atoms with E-state index in [9.17, 15) is 14.4 Å². The summed E-state index contributed by atoms with van der Waals surface area (Å²) in [6, 6.07) is 8.05. The average molecular weight is 393 g/mol. The number of ether oxygens (including phenoxy) is 1. The molecule has 1 N–H and O–H groups in total. The first kappa shape index (κ1) is 17.9. The zero-order valence-corrected chi connectivity index (χ0v) is 14.9. The summed E-state index contributed by atoms with van der Waals surface area (Å²) in [7, 11) is 0. The number of benzene rings is 1. The van der Waals surface area contributed by atoms with Crippen LogP contribution in [0, 0.1) is 6.92 Å². The summed E-state index contributed by atoms with van der Waals surface area (Å²) in [5.41, 5.74) is 1.57. The highest BCUT2D eigenvalue weighted by Gasteiger charge is 2.10. The molecule has 0 atom stereocenters. The maximum Gasteiger partial charge on any atom is 0.326 e. The fraction of sp³-hybridized carbons (Fsp3) is 0.235. The lowest BCUT2D eigenvalue weighted by molar-refractivity contribution is -0.143. The lowest BCUT2D eigenvalue weighted by atomic mass is 10.1. The molecule has 0 saturated heterocycles. The number of halogens is 1. The topological polar surface area (TPSA) is 77.4 Å². The fourth-order valence-corrected chi connectivity index (χ4v) is 2.39. The van der Waals surface area contributed by atoms with Gasteiger partial charge in [0.25, 0.3) is 11.5 Å². The van der Waals surface area contributed by atoms with E-state index in [4.69, 9.17) is 4.74 Å². The second-order valence-corrected chi connectivity index (χ2v) is 5.96. The predicted octanol–water partition coefficient (Wildman–Crippen LogP) is 2.73. The number of aromatic nitrogens is 1. The van der Waals surface area contributed by atoms with Crippen LogP contribution in [0.15, 0.2) is 45.8 Å². The fourth-order valence-electron chi connectivity index (χ4n) is 2.01. The SMILES string of the molecule is CCOC(=O)Cn1cc(NC(=O)c2ccc(C)c(Br)c2)ccc1=O. The van der Waals surface area contributed by atoms with Gasteiger partial charge in [-0.05, 0) is 37.6 Å². The number of pyridine rings is 1. The van der Waals surface area contributed by atoms with Gasteiger partial charge in [0.1, 0.15) is 6.54 Å². The van der Waals surface area contributed by atoms with Crippen molar-refractivity contribution in [1.82, 2.24) is 4.57 Å². The summed E-state index contributed by atoms with van der Waals surface area (Å²) in [5.74, 6) is -0.817. The van der Waals surface area contributed by atoms with Crippen molar-refractivity contribution < 1.29 is 14.3 Å². The maximum absolute atomic E-state index is 12.3. The van der Waals surface area contributed by atoms with Crippen LogP contribution in [0.2, 0.25) is 0 Å². The summed E-state index contributed by atoms with van der Waals surface area (Å²) in [4.78, 5) is 35.6. The molecule has 0 radical (unpaired) electrons. The van der Waals surface area contributed by atoms with Crippen LogP contribution in [-0.2, 0) is 16.1 Å². The Morgan fingerprint density at radius 1 is 1.25 bits per heavy atom. The Morgan fingerprint density at radius 2 is 2.00 bits per heavy atom. The van der Waals surface area contributed by atoms with Crippen molar-refractivity contribution in [2.45, 2.75) is 20.4 Å². The van der Waals surface area contributed by atoms with Crippen molar-refractivity contribution >= 4 is 33.5 Å². The molecule has 1 amide bonds. The molecule has 24 heavy (non-hydrogen) atoms. The van der Waals surface area contributed by atoms with E-state index in [1.807, 2.05) is 13.0 Å². The molecule has 126 valence electrons. The van der Waals surface area contributed by atoms with Gasteiger partial charge in [-0.2, -0.15) is 0 Å². The van der Waals surface area contributed by atoms with Crippen LogP contribution in [0.5, 0.6) is 0 Å². The van der Waals surface area contributed by atoms with Crippen LogP contribution in [-0.4, -0.2) is 23.1 Å². The summed E-state index contributed by atoms with van der Waals surface area (Å²) in [6.07, 6.45) is 1.42. The number of nitrogens with one attached hydrogen (secondary N) is 1. The number of hydrogen-bond acceptors (Lipinski definition) is 4. The highest BCUT2D eigenvalue weighted by molar-refractivity contribution is 9.10. The van der Waals surface area contributed by atoms with Gasteiger partial charge in [-0.25, -0.2) is 0 Å². The monoisotopic (exact) mass is 392 g/mol. The summed E-state index contributed by atoms with van der Waals surface area (Å²) in [5, 5.41) is 2.71. The molecule has 1 aromatic heterocycles. The van der Waals surface area contributed by atoms with Crippen LogP contribution in [0.3, 0.4) is 0 Å². The molecule has 7 heteroatoms. The summed E-state index contributed by atoms with van der Waals surface area (Å²) in [6.45, 7) is 3.66. The van der Waals surface area contributed by atoms with Crippen LogP contribution in [0.1, 0.15) is 22.8 Å². The van der Waals surface area contributed by atoms with E-state index in [-0.39, 0.29) is 24.6 Å². The second kappa shape index (κ2) is 7.92. The van der Waals surface area contributed by atoms with E-state index in [0.29, 0.717) is 11.3 Å². The Kier molecular flexibility index (Phi) is 5.92. The zero-order valence-electron chi connectivity index (χ0n) is 13.3. The molecular formula is C17H17BrN2O4. The van der Waals surface area contributed by atoms with Crippen molar-refractivity contribution in [3.05, 3.63) is 62.5 Å². The quantitative estimate of drug-likeness (QED) is 0.793. The Morgan fingerprint density at radius 3 is 2.67 bits per heavy atom. The van der Waals surface area contributed by atoms with E-state index in [1.54, 1.807) is 19.1 Å². The van der Waals surface area contributed by atoms with Gasteiger partial charge < -0.3 is 14.6 Å². The maximum atomic E-state index is 12.3. The second-order valence-electron chi connectivity index (χ2n) is 5.11. The van der Waals surface area contributed by atoms with Gasteiger partial charge in [-0.1, -0.05) is 22.0 Å². The molecule has 2 rings (SSSR count). The molecule has 0 aliphatic carbocycles. The summed E-state index contributed by atoms with van der Waals surface area (Å²) >= 11 is 3.39. The molecular weight excluding hydrogens is 376 g/mol. The minimum absolute atomic E-state index is 0.202. The van der Waals surface area contributed by atoms with Crippen molar-refractivity contribution in [2.24, 2.45) is 0 Å². The minimum Gasteiger partial charge on any atom is -0.465 e. The number of hydrogen-bond donors (Lipinski definition) is 1. The smallest absolute Gasteiger partial charge is 0.326 e. The van der Waals surface area contributed by atoms with Gasteiger partial charge in [-0.3, -0.25) is 14.4 Å². The van der Waals surface area contributed by atoms with Gasteiger partial charge >= 0.3 is 5.97 Å². The van der Waals surface area contributed by atoms with Gasteiger partial charge in [0.05, 0.1) is 12.3 Å². The van der Waals surface area contributed by atoms with Gasteiger partial charge in [0.2, 0.25) is 0 Å². The third-order valence-corrected chi connectivity index (χ3v) is 4.13. The lowest BCUT2D eigenvalue weighted by Crippen LogP contribution is -2.25. The molecule has 0 saturated carbocycles. The molecule has 6 nitrogen and oxygen atoms in total.